The molecule has 0 unspecified atom stereocenters. The van der Waals surface area contributed by atoms with Gasteiger partial charge >= 0.3 is 6.01 Å². The normalized spacial score (nSPS) is 12.0. The fourth-order valence-electron chi connectivity index (χ4n) is 3.42. The Morgan fingerprint density at radius 1 is 0.935 bits per heavy atom. The van der Waals surface area contributed by atoms with E-state index in [2.05, 4.69) is 46.0 Å². The number of aliphatic hydroxyl groups is 1. The van der Waals surface area contributed by atoms with E-state index < -0.39 is 0 Å². The summed E-state index contributed by atoms with van der Waals surface area (Å²) in [6.45, 7) is 4.78. The maximum absolute atomic E-state index is 9.16. The minimum atomic E-state index is 0.0463. The number of nitrogens with zero attached hydrogens (tertiary/aromatic N) is 2. The second-order valence-electron chi connectivity index (χ2n) is 7.55. The average Bonchev–Trinajstić information content (AvgIpc) is 3.26. The fraction of sp³-hybridized carbons (Fsp3) is 0.200. The van der Waals surface area contributed by atoms with Crippen LogP contribution in [-0.4, -0.2) is 28.0 Å². The maximum atomic E-state index is 9.16. The lowest BCUT2D eigenvalue weighted by molar-refractivity contribution is 0.251. The number of hydrogen-bond acceptors (Lipinski definition) is 6. The third kappa shape index (κ3) is 4.99. The van der Waals surface area contributed by atoms with Gasteiger partial charge in [0.15, 0.2) is 0 Å². The van der Waals surface area contributed by atoms with Crippen LogP contribution in [0.2, 0.25) is 0 Å². The highest BCUT2D eigenvalue weighted by Crippen LogP contribution is 2.32. The molecule has 0 aliphatic rings. The molecule has 0 aliphatic heterocycles. The van der Waals surface area contributed by atoms with Crippen molar-refractivity contribution in [3.05, 3.63) is 83.9 Å². The van der Waals surface area contributed by atoms with E-state index in [1.54, 1.807) is 0 Å². The zero-order valence-electron chi connectivity index (χ0n) is 17.7. The van der Waals surface area contributed by atoms with Gasteiger partial charge in [0.2, 0.25) is 5.89 Å². The van der Waals surface area contributed by atoms with Crippen LogP contribution in [0.1, 0.15) is 18.1 Å². The largest absolute Gasteiger partial charge is 0.403 e. The monoisotopic (exact) mass is 414 g/mol. The van der Waals surface area contributed by atoms with Gasteiger partial charge in [-0.2, -0.15) is 0 Å². The van der Waals surface area contributed by atoms with E-state index in [1.165, 1.54) is 0 Å². The summed E-state index contributed by atoms with van der Waals surface area (Å²) >= 11 is 0. The van der Waals surface area contributed by atoms with Gasteiger partial charge in [-0.1, -0.05) is 59.7 Å². The summed E-state index contributed by atoms with van der Waals surface area (Å²) in [6.07, 6.45) is 0. The third-order valence-corrected chi connectivity index (χ3v) is 5.18. The Morgan fingerprint density at radius 3 is 2.52 bits per heavy atom. The molecule has 0 saturated heterocycles. The van der Waals surface area contributed by atoms with E-state index in [9.17, 15) is 0 Å². The standard InChI is InChI=1S/C25H26N4O2/c1-17(16-30)26-15-19-8-6-11-21(14-19)27-25-29-28-24(31-25)23-13-7-12-22(18(23)2)20-9-4-3-5-10-20/h3-14,17,26,30H,15-16H2,1-2H3,(H,27,29)/t17-/m1/s1. The molecule has 6 nitrogen and oxygen atoms in total. The number of aliphatic hydroxyl groups excluding tert-OH is 1. The van der Waals surface area contributed by atoms with Crippen molar-refractivity contribution in [3.63, 3.8) is 0 Å². The highest BCUT2D eigenvalue weighted by molar-refractivity contribution is 5.75. The molecule has 0 spiro atoms. The van der Waals surface area contributed by atoms with Crippen LogP contribution in [0.4, 0.5) is 11.7 Å². The molecule has 0 fully saturated rings. The molecule has 4 aromatic rings. The van der Waals surface area contributed by atoms with Crippen LogP contribution in [0.3, 0.4) is 0 Å². The van der Waals surface area contributed by atoms with Crippen molar-refractivity contribution in [2.24, 2.45) is 0 Å². The number of benzene rings is 3. The molecule has 0 amide bonds. The number of anilines is 2. The fourth-order valence-corrected chi connectivity index (χ4v) is 3.42. The van der Waals surface area contributed by atoms with Gasteiger partial charge < -0.3 is 20.2 Å². The Morgan fingerprint density at radius 2 is 1.71 bits per heavy atom. The second kappa shape index (κ2) is 9.55. The van der Waals surface area contributed by atoms with Gasteiger partial charge in [-0.15, -0.1) is 5.10 Å². The topological polar surface area (TPSA) is 83.2 Å². The third-order valence-electron chi connectivity index (χ3n) is 5.18. The molecule has 6 heteroatoms. The molecule has 0 aliphatic carbocycles. The minimum Gasteiger partial charge on any atom is -0.403 e. The Hall–Kier alpha value is -3.48. The maximum Gasteiger partial charge on any atom is 0.320 e. The van der Waals surface area contributed by atoms with Crippen molar-refractivity contribution < 1.29 is 9.52 Å². The van der Waals surface area contributed by atoms with Crippen LogP contribution in [0.15, 0.2) is 77.2 Å². The molecular formula is C25H26N4O2. The molecule has 0 radical (unpaired) electrons. The first kappa shape index (κ1) is 20.8. The van der Waals surface area contributed by atoms with Gasteiger partial charge in [0.05, 0.1) is 6.61 Å². The first-order valence-corrected chi connectivity index (χ1v) is 10.3. The molecule has 4 rings (SSSR count). The summed E-state index contributed by atoms with van der Waals surface area (Å²) < 4.78 is 5.92. The zero-order valence-corrected chi connectivity index (χ0v) is 17.7. The second-order valence-corrected chi connectivity index (χ2v) is 7.55. The van der Waals surface area contributed by atoms with Crippen molar-refractivity contribution in [2.75, 3.05) is 11.9 Å². The molecule has 1 aromatic heterocycles. The Kier molecular flexibility index (Phi) is 6.40. The van der Waals surface area contributed by atoms with E-state index in [4.69, 9.17) is 9.52 Å². The Balaban J connectivity index is 1.52. The zero-order chi connectivity index (χ0) is 21.6. The van der Waals surface area contributed by atoms with Crippen molar-refractivity contribution in [1.29, 1.82) is 0 Å². The predicted molar refractivity (Wildman–Crippen MR) is 123 cm³/mol. The van der Waals surface area contributed by atoms with Crippen LogP contribution in [0, 0.1) is 6.92 Å². The number of nitrogens with one attached hydrogen (secondary N) is 2. The summed E-state index contributed by atoms with van der Waals surface area (Å²) in [5.41, 5.74) is 6.26. The Labute approximate surface area is 182 Å². The molecule has 3 N–H and O–H groups in total. The summed E-state index contributed by atoms with van der Waals surface area (Å²) in [6, 6.07) is 24.7. The van der Waals surface area contributed by atoms with Gasteiger partial charge in [0.25, 0.3) is 0 Å². The van der Waals surface area contributed by atoms with Crippen molar-refractivity contribution in [3.8, 4) is 22.6 Å². The summed E-state index contributed by atoms with van der Waals surface area (Å²) in [4.78, 5) is 0. The molecule has 1 heterocycles. The summed E-state index contributed by atoms with van der Waals surface area (Å²) in [5.74, 6) is 0.479. The SMILES string of the molecule is Cc1c(-c2ccccc2)cccc1-c1nnc(Nc2cccc(CN[C@H](C)CO)c2)o1. The van der Waals surface area contributed by atoms with Crippen molar-refractivity contribution in [1.82, 2.24) is 15.5 Å². The van der Waals surface area contributed by atoms with E-state index in [-0.39, 0.29) is 12.6 Å². The van der Waals surface area contributed by atoms with E-state index >= 15 is 0 Å². The predicted octanol–water partition coefficient (Wildman–Crippen LogP) is 4.93. The van der Waals surface area contributed by atoms with Gasteiger partial charge in [0, 0.05) is 23.8 Å². The van der Waals surface area contributed by atoms with Crippen molar-refractivity contribution in [2.45, 2.75) is 26.4 Å². The van der Waals surface area contributed by atoms with Crippen LogP contribution in [0.5, 0.6) is 0 Å². The number of rotatable bonds is 8. The smallest absolute Gasteiger partial charge is 0.320 e. The van der Waals surface area contributed by atoms with Crippen LogP contribution < -0.4 is 10.6 Å². The van der Waals surface area contributed by atoms with Crippen LogP contribution in [-0.2, 0) is 6.54 Å². The summed E-state index contributed by atoms with van der Waals surface area (Å²) in [5, 5.41) is 24.0. The van der Waals surface area contributed by atoms with Crippen LogP contribution in [0.25, 0.3) is 22.6 Å². The number of hydrogen-bond donors (Lipinski definition) is 3. The average molecular weight is 415 g/mol. The number of aromatic nitrogens is 2. The van der Waals surface area contributed by atoms with Gasteiger partial charge in [-0.3, -0.25) is 0 Å². The molecular weight excluding hydrogens is 388 g/mol. The highest BCUT2D eigenvalue weighted by Gasteiger charge is 2.14. The van der Waals surface area contributed by atoms with Gasteiger partial charge in [0.1, 0.15) is 0 Å². The molecule has 0 saturated carbocycles. The highest BCUT2D eigenvalue weighted by atomic mass is 16.4. The molecule has 3 aromatic carbocycles. The van der Waals surface area contributed by atoms with Gasteiger partial charge in [-0.05, 0) is 54.3 Å². The lowest BCUT2D eigenvalue weighted by atomic mass is 9.96. The van der Waals surface area contributed by atoms with E-state index in [0.29, 0.717) is 18.5 Å². The molecule has 158 valence electrons. The quantitative estimate of drug-likeness (QED) is 0.379. The first-order valence-electron chi connectivity index (χ1n) is 10.3. The van der Waals surface area contributed by atoms with Crippen molar-refractivity contribution >= 4 is 11.7 Å². The lowest BCUT2D eigenvalue weighted by Crippen LogP contribution is -2.28. The van der Waals surface area contributed by atoms with Crippen LogP contribution >= 0.6 is 0 Å². The minimum absolute atomic E-state index is 0.0463. The summed E-state index contributed by atoms with van der Waals surface area (Å²) in [7, 11) is 0. The first-order chi connectivity index (χ1) is 15.1. The van der Waals surface area contributed by atoms with E-state index in [0.717, 1.165) is 33.5 Å². The van der Waals surface area contributed by atoms with E-state index in [1.807, 2.05) is 61.5 Å². The lowest BCUT2D eigenvalue weighted by Gasteiger charge is -2.11. The Bertz CT molecular complexity index is 1140. The molecule has 1 atom stereocenters. The molecule has 31 heavy (non-hydrogen) atoms. The van der Waals surface area contributed by atoms with Gasteiger partial charge in [-0.25, -0.2) is 0 Å². The molecule has 0 bridgehead atoms.